The first-order valence-electron chi connectivity index (χ1n) is 5.94. The van der Waals surface area contributed by atoms with Crippen LogP contribution in [0.2, 0.25) is 0 Å². The zero-order valence-corrected chi connectivity index (χ0v) is 11.5. The van der Waals surface area contributed by atoms with Crippen LogP contribution in [-0.4, -0.2) is 12.1 Å². The molecule has 0 radical (unpaired) electrons. The number of benzene rings is 2. The van der Waals surface area contributed by atoms with Crippen LogP contribution >= 0.6 is 12.2 Å². The summed E-state index contributed by atoms with van der Waals surface area (Å²) in [7, 11) is 1.69. The van der Waals surface area contributed by atoms with Crippen molar-refractivity contribution >= 4 is 28.6 Å². The van der Waals surface area contributed by atoms with Gasteiger partial charge in [-0.25, -0.2) is 0 Å². The van der Waals surface area contributed by atoms with E-state index < -0.39 is 0 Å². The lowest BCUT2D eigenvalue weighted by atomic mass is 10.1. The van der Waals surface area contributed by atoms with Gasteiger partial charge < -0.3 is 15.8 Å². The van der Waals surface area contributed by atoms with Crippen molar-refractivity contribution in [3.05, 3.63) is 59.7 Å². The first-order chi connectivity index (χ1) is 9.20. The Bertz CT molecular complexity index is 567. The number of hydrogen-bond donors (Lipinski definition) is 2. The number of methoxy groups -OCH3 is 1. The topological polar surface area (TPSA) is 47.3 Å². The van der Waals surface area contributed by atoms with E-state index in [1.807, 2.05) is 48.5 Å². The van der Waals surface area contributed by atoms with E-state index in [1.165, 1.54) is 0 Å². The van der Waals surface area contributed by atoms with Gasteiger partial charge in [0.2, 0.25) is 0 Å². The maximum Gasteiger partial charge on any atom is 0.103 e. The first kappa shape index (κ1) is 13.5. The number of thiocarbonyl (C=S) groups is 1. The minimum Gasteiger partial charge on any atom is -0.389 e. The molecule has 0 aromatic heterocycles. The molecule has 0 saturated carbocycles. The average molecular weight is 272 g/mol. The van der Waals surface area contributed by atoms with Crippen molar-refractivity contribution in [2.45, 2.75) is 6.61 Å². The number of ether oxygens (including phenoxy) is 1. The van der Waals surface area contributed by atoms with Gasteiger partial charge in [-0.3, -0.25) is 0 Å². The molecule has 0 fully saturated rings. The second-order valence-corrected chi connectivity index (χ2v) is 4.60. The number of nitrogens with two attached hydrogens (primary N) is 1. The lowest BCUT2D eigenvalue weighted by Crippen LogP contribution is -2.08. The zero-order valence-electron chi connectivity index (χ0n) is 10.7. The van der Waals surface area contributed by atoms with Crippen LogP contribution in [0, 0.1) is 0 Å². The molecule has 0 heterocycles. The highest BCUT2D eigenvalue weighted by Gasteiger charge is 2.02. The van der Waals surface area contributed by atoms with Gasteiger partial charge in [0.1, 0.15) is 4.99 Å². The molecule has 2 rings (SSSR count). The van der Waals surface area contributed by atoms with Crippen molar-refractivity contribution in [2.75, 3.05) is 12.4 Å². The Morgan fingerprint density at radius 1 is 1.16 bits per heavy atom. The molecule has 0 unspecified atom stereocenters. The highest BCUT2D eigenvalue weighted by molar-refractivity contribution is 7.80. The molecule has 19 heavy (non-hydrogen) atoms. The van der Waals surface area contributed by atoms with Gasteiger partial charge >= 0.3 is 0 Å². The molecule has 0 aliphatic rings. The van der Waals surface area contributed by atoms with Gasteiger partial charge in [-0.1, -0.05) is 30.4 Å². The maximum absolute atomic E-state index is 5.57. The summed E-state index contributed by atoms with van der Waals surface area (Å²) in [6, 6.07) is 15.8. The fraction of sp³-hybridized carbons (Fsp3) is 0.133. The van der Waals surface area contributed by atoms with Crippen LogP contribution in [0.1, 0.15) is 11.1 Å². The summed E-state index contributed by atoms with van der Waals surface area (Å²) in [5.74, 6) is 0. The van der Waals surface area contributed by atoms with Gasteiger partial charge in [-0.05, 0) is 30.3 Å². The predicted octanol–water partition coefficient (Wildman–Crippen LogP) is 3.21. The molecule has 3 N–H and O–H groups in total. The van der Waals surface area contributed by atoms with Crippen LogP contribution in [0.25, 0.3) is 0 Å². The van der Waals surface area contributed by atoms with Crippen LogP contribution < -0.4 is 11.1 Å². The van der Waals surface area contributed by atoms with Crippen LogP contribution in [0.3, 0.4) is 0 Å². The minimum absolute atomic E-state index is 0.409. The zero-order chi connectivity index (χ0) is 13.7. The third-order valence-corrected chi connectivity index (χ3v) is 3.00. The first-order valence-corrected chi connectivity index (χ1v) is 6.35. The van der Waals surface area contributed by atoms with E-state index >= 15 is 0 Å². The molecule has 0 spiro atoms. The van der Waals surface area contributed by atoms with Crippen molar-refractivity contribution in [2.24, 2.45) is 5.73 Å². The van der Waals surface area contributed by atoms with E-state index in [2.05, 4.69) is 5.32 Å². The second kappa shape index (κ2) is 6.31. The van der Waals surface area contributed by atoms with Gasteiger partial charge in [0.25, 0.3) is 0 Å². The van der Waals surface area contributed by atoms with Gasteiger partial charge in [-0.2, -0.15) is 0 Å². The third-order valence-electron chi connectivity index (χ3n) is 2.77. The molecule has 3 nitrogen and oxygen atoms in total. The van der Waals surface area contributed by atoms with E-state index in [-0.39, 0.29) is 0 Å². The largest absolute Gasteiger partial charge is 0.389 e. The van der Waals surface area contributed by atoms with Crippen molar-refractivity contribution in [1.29, 1.82) is 0 Å². The minimum atomic E-state index is 0.409. The molecule has 2 aromatic carbocycles. The lowest BCUT2D eigenvalue weighted by Gasteiger charge is -2.11. The SMILES string of the molecule is COCc1ccccc1Nc1ccc(C(N)=S)cc1. The number of anilines is 2. The van der Waals surface area contributed by atoms with E-state index in [9.17, 15) is 0 Å². The van der Waals surface area contributed by atoms with E-state index in [0.717, 1.165) is 22.5 Å². The van der Waals surface area contributed by atoms with Crippen LogP contribution in [0.4, 0.5) is 11.4 Å². The van der Waals surface area contributed by atoms with Gasteiger partial charge in [0, 0.05) is 29.6 Å². The normalized spacial score (nSPS) is 10.2. The average Bonchev–Trinajstić information content (AvgIpc) is 2.42. The monoisotopic (exact) mass is 272 g/mol. The van der Waals surface area contributed by atoms with Gasteiger partial charge in [0.05, 0.1) is 6.61 Å². The summed E-state index contributed by atoms with van der Waals surface area (Å²) in [4.78, 5) is 0.409. The molecule has 2 aromatic rings. The molecule has 0 saturated heterocycles. The maximum atomic E-state index is 5.57. The summed E-state index contributed by atoms with van der Waals surface area (Å²) in [6.45, 7) is 0.578. The van der Waals surface area contributed by atoms with Crippen LogP contribution in [-0.2, 0) is 11.3 Å². The molecule has 0 atom stereocenters. The molecule has 0 aliphatic carbocycles. The molecular formula is C15H16N2OS. The smallest absolute Gasteiger partial charge is 0.103 e. The Hall–Kier alpha value is -1.91. The molecule has 4 heteroatoms. The fourth-order valence-corrected chi connectivity index (χ4v) is 1.93. The lowest BCUT2D eigenvalue weighted by molar-refractivity contribution is 0.185. The van der Waals surface area contributed by atoms with Gasteiger partial charge in [0.15, 0.2) is 0 Å². The summed E-state index contributed by atoms with van der Waals surface area (Å²) in [6.07, 6.45) is 0. The Kier molecular flexibility index (Phi) is 4.49. The molecule has 0 bridgehead atoms. The predicted molar refractivity (Wildman–Crippen MR) is 82.8 cm³/mol. The van der Waals surface area contributed by atoms with Crippen molar-refractivity contribution in [1.82, 2.24) is 0 Å². The Morgan fingerprint density at radius 2 is 1.84 bits per heavy atom. The van der Waals surface area contributed by atoms with Crippen molar-refractivity contribution in [3.63, 3.8) is 0 Å². The summed E-state index contributed by atoms with van der Waals surface area (Å²) in [5, 5.41) is 3.36. The Balaban J connectivity index is 2.19. The highest BCUT2D eigenvalue weighted by atomic mass is 32.1. The number of para-hydroxylation sites is 1. The van der Waals surface area contributed by atoms with Gasteiger partial charge in [-0.15, -0.1) is 0 Å². The third kappa shape index (κ3) is 3.53. The fourth-order valence-electron chi connectivity index (χ4n) is 1.80. The standard InChI is InChI=1S/C15H16N2OS/c1-18-10-12-4-2-3-5-14(12)17-13-8-6-11(7-9-13)15(16)19/h2-9,17H,10H2,1H3,(H2,16,19). The summed E-state index contributed by atoms with van der Waals surface area (Å²) in [5.41, 5.74) is 9.58. The van der Waals surface area contributed by atoms with Crippen molar-refractivity contribution < 1.29 is 4.74 Å². The highest BCUT2D eigenvalue weighted by Crippen LogP contribution is 2.21. The van der Waals surface area contributed by atoms with E-state index in [0.29, 0.717) is 11.6 Å². The Labute approximate surface area is 118 Å². The molecule has 98 valence electrons. The van der Waals surface area contributed by atoms with Crippen LogP contribution in [0.15, 0.2) is 48.5 Å². The molecule has 0 aliphatic heterocycles. The van der Waals surface area contributed by atoms with E-state index in [4.69, 9.17) is 22.7 Å². The summed E-state index contributed by atoms with van der Waals surface area (Å²) < 4.78 is 5.18. The second-order valence-electron chi connectivity index (χ2n) is 4.16. The molecular weight excluding hydrogens is 256 g/mol. The van der Waals surface area contributed by atoms with Crippen LogP contribution in [0.5, 0.6) is 0 Å². The quantitative estimate of drug-likeness (QED) is 0.821. The number of hydrogen-bond acceptors (Lipinski definition) is 3. The van der Waals surface area contributed by atoms with Crippen molar-refractivity contribution in [3.8, 4) is 0 Å². The Morgan fingerprint density at radius 3 is 2.47 bits per heavy atom. The number of rotatable bonds is 5. The number of nitrogens with one attached hydrogen (secondary N) is 1. The van der Waals surface area contributed by atoms with E-state index in [1.54, 1.807) is 7.11 Å². The molecule has 0 amide bonds. The summed E-state index contributed by atoms with van der Waals surface area (Å²) >= 11 is 4.93.